The molecule has 1 amide bonds. The third-order valence-electron chi connectivity index (χ3n) is 3.66. The van der Waals surface area contributed by atoms with E-state index >= 15 is 0 Å². The Balaban J connectivity index is 1.80. The molecule has 2 heterocycles. The number of benzene rings is 1. The normalized spacial score (nSPS) is 17.1. The van der Waals surface area contributed by atoms with Gasteiger partial charge in [-0.25, -0.2) is 4.98 Å². The Labute approximate surface area is 121 Å². The third-order valence-corrected chi connectivity index (χ3v) is 5.09. The molecule has 0 bridgehead atoms. The summed E-state index contributed by atoms with van der Waals surface area (Å²) in [6, 6.07) is 5.86. The number of aromatic nitrogens is 1. The molecule has 1 aliphatic rings. The Morgan fingerprint density at radius 1 is 1.42 bits per heavy atom. The summed E-state index contributed by atoms with van der Waals surface area (Å²) >= 11 is 7.74. The number of rotatable bonds is 1. The van der Waals surface area contributed by atoms with Crippen molar-refractivity contribution in [3.05, 3.63) is 28.2 Å². The summed E-state index contributed by atoms with van der Waals surface area (Å²) in [6.45, 7) is 3.33. The van der Waals surface area contributed by atoms with Crippen LogP contribution in [0, 0.1) is 0 Å². The molecule has 1 aromatic heterocycles. The third kappa shape index (κ3) is 2.60. The molecule has 5 heteroatoms. The van der Waals surface area contributed by atoms with Crippen LogP contribution in [0.1, 0.15) is 30.7 Å². The first-order chi connectivity index (χ1) is 9.13. The Morgan fingerprint density at radius 3 is 2.84 bits per heavy atom. The summed E-state index contributed by atoms with van der Waals surface area (Å²) in [4.78, 5) is 17.9. The van der Waals surface area contributed by atoms with Gasteiger partial charge in [0.2, 0.25) is 5.91 Å². The van der Waals surface area contributed by atoms with Gasteiger partial charge in [-0.3, -0.25) is 4.79 Å². The number of nitrogens with zero attached hydrogens (tertiary/aromatic N) is 2. The number of halogens is 1. The lowest BCUT2D eigenvalue weighted by Gasteiger charge is -2.30. The van der Waals surface area contributed by atoms with Gasteiger partial charge in [0.15, 0.2) is 0 Å². The summed E-state index contributed by atoms with van der Waals surface area (Å²) in [5.74, 6) is 0.654. The molecule has 1 aliphatic heterocycles. The number of carbonyl (C=O) groups is 1. The maximum absolute atomic E-state index is 11.3. The van der Waals surface area contributed by atoms with E-state index in [1.807, 2.05) is 23.1 Å². The van der Waals surface area contributed by atoms with Crippen molar-refractivity contribution in [3.63, 3.8) is 0 Å². The molecule has 1 fully saturated rings. The van der Waals surface area contributed by atoms with Crippen LogP contribution < -0.4 is 0 Å². The second kappa shape index (κ2) is 5.10. The average molecular weight is 295 g/mol. The van der Waals surface area contributed by atoms with E-state index in [9.17, 15) is 4.79 Å². The topological polar surface area (TPSA) is 33.2 Å². The summed E-state index contributed by atoms with van der Waals surface area (Å²) in [7, 11) is 0. The molecular weight excluding hydrogens is 280 g/mol. The van der Waals surface area contributed by atoms with Gasteiger partial charge in [0, 0.05) is 31.0 Å². The van der Waals surface area contributed by atoms with Crippen molar-refractivity contribution in [2.75, 3.05) is 13.1 Å². The van der Waals surface area contributed by atoms with Crippen molar-refractivity contribution in [3.8, 4) is 0 Å². The van der Waals surface area contributed by atoms with Crippen molar-refractivity contribution in [2.24, 2.45) is 0 Å². The van der Waals surface area contributed by atoms with Crippen LogP contribution >= 0.6 is 22.9 Å². The fraction of sp³-hybridized carbons (Fsp3) is 0.429. The second-order valence-corrected chi connectivity index (χ2v) is 6.44. The van der Waals surface area contributed by atoms with Crippen LogP contribution in [0.4, 0.5) is 0 Å². The van der Waals surface area contributed by atoms with Gasteiger partial charge >= 0.3 is 0 Å². The zero-order valence-corrected chi connectivity index (χ0v) is 12.3. The van der Waals surface area contributed by atoms with Gasteiger partial charge in [0.05, 0.1) is 15.2 Å². The zero-order valence-electron chi connectivity index (χ0n) is 10.7. The molecule has 1 saturated heterocycles. The fourth-order valence-corrected chi connectivity index (χ4v) is 3.82. The molecule has 0 spiro atoms. The number of hydrogen-bond acceptors (Lipinski definition) is 3. The van der Waals surface area contributed by atoms with E-state index in [1.165, 1.54) is 9.71 Å². The fourth-order valence-electron chi connectivity index (χ4n) is 2.53. The van der Waals surface area contributed by atoms with Gasteiger partial charge in [-0.05, 0) is 31.0 Å². The Kier molecular flexibility index (Phi) is 3.46. The van der Waals surface area contributed by atoms with Crippen molar-refractivity contribution in [1.29, 1.82) is 0 Å². The van der Waals surface area contributed by atoms with Crippen LogP contribution in [0.5, 0.6) is 0 Å². The molecular formula is C14H15ClN2OS. The molecule has 2 aromatic rings. The predicted molar refractivity (Wildman–Crippen MR) is 78.9 cm³/mol. The molecule has 0 saturated carbocycles. The number of carbonyl (C=O) groups excluding carboxylic acids is 1. The van der Waals surface area contributed by atoms with Crippen LogP contribution in [0.15, 0.2) is 18.2 Å². The average Bonchev–Trinajstić information content (AvgIpc) is 2.81. The van der Waals surface area contributed by atoms with Crippen LogP contribution in [0.3, 0.4) is 0 Å². The molecule has 3 nitrogen and oxygen atoms in total. The monoisotopic (exact) mass is 294 g/mol. The van der Waals surface area contributed by atoms with Gasteiger partial charge in [-0.2, -0.15) is 0 Å². The van der Waals surface area contributed by atoms with E-state index in [2.05, 4.69) is 0 Å². The van der Waals surface area contributed by atoms with Crippen molar-refractivity contribution >= 4 is 39.1 Å². The highest BCUT2D eigenvalue weighted by molar-refractivity contribution is 7.18. The summed E-state index contributed by atoms with van der Waals surface area (Å²) < 4.78 is 1.19. The second-order valence-electron chi connectivity index (χ2n) is 4.94. The maximum atomic E-state index is 11.3. The van der Waals surface area contributed by atoms with Crippen LogP contribution in [0.2, 0.25) is 5.02 Å². The molecule has 0 radical (unpaired) electrons. The largest absolute Gasteiger partial charge is 0.343 e. The molecule has 0 unspecified atom stereocenters. The van der Waals surface area contributed by atoms with Crippen molar-refractivity contribution < 1.29 is 4.79 Å². The lowest BCUT2D eigenvalue weighted by atomic mass is 9.97. The smallest absolute Gasteiger partial charge is 0.219 e. The van der Waals surface area contributed by atoms with Crippen LogP contribution in [-0.4, -0.2) is 28.9 Å². The van der Waals surface area contributed by atoms with Crippen molar-refractivity contribution in [1.82, 2.24) is 9.88 Å². The molecule has 0 aliphatic carbocycles. The first-order valence-electron chi connectivity index (χ1n) is 6.45. The maximum Gasteiger partial charge on any atom is 0.219 e. The molecule has 3 rings (SSSR count). The number of fused-ring (bicyclic) bond motifs is 1. The van der Waals surface area contributed by atoms with Gasteiger partial charge in [-0.15, -0.1) is 11.3 Å². The zero-order chi connectivity index (χ0) is 13.4. The highest BCUT2D eigenvalue weighted by Crippen LogP contribution is 2.34. The molecule has 0 N–H and O–H groups in total. The number of likely N-dealkylation sites (tertiary alicyclic amines) is 1. The Morgan fingerprint density at radius 2 is 2.16 bits per heavy atom. The number of thiazole rings is 1. The van der Waals surface area contributed by atoms with Gasteiger partial charge < -0.3 is 4.90 Å². The number of piperidine rings is 1. The Hall–Kier alpha value is -1.13. The highest BCUT2D eigenvalue weighted by atomic mass is 35.5. The number of amides is 1. The van der Waals surface area contributed by atoms with E-state index in [-0.39, 0.29) is 5.91 Å². The molecule has 0 atom stereocenters. The molecule has 100 valence electrons. The lowest BCUT2D eigenvalue weighted by Crippen LogP contribution is -2.36. The quantitative estimate of drug-likeness (QED) is 0.804. The molecule has 1 aromatic carbocycles. The summed E-state index contributed by atoms with van der Waals surface area (Å²) in [5.41, 5.74) is 0.987. The molecule has 19 heavy (non-hydrogen) atoms. The summed E-state index contributed by atoms with van der Waals surface area (Å²) in [6.07, 6.45) is 2.01. The van der Waals surface area contributed by atoms with Crippen molar-refractivity contribution in [2.45, 2.75) is 25.7 Å². The highest BCUT2D eigenvalue weighted by Gasteiger charge is 2.24. The predicted octanol–water partition coefficient (Wildman–Crippen LogP) is 3.68. The van der Waals surface area contributed by atoms with E-state index in [1.54, 1.807) is 18.3 Å². The minimum atomic E-state index is 0.175. The van der Waals surface area contributed by atoms with E-state index < -0.39 is 0 Å². The summed E-state index contributed by atoms with van der Waals surface area (Å²) in [5, 5.41) is 1.91. The van der Waals surface area contributed by atoms with E-state index in [4.69, 9.17) is 16.6 Å². The van der Waals surface area contributed by atoms with E-state index in [0.29, 0.717) is 5.92 Å². The number of hydrogen-bond donors (Lipinski definition) is 0. The first-order valence-corrected chi connectivity index (χ1v) is 7.64. The lowest BCUT2D eigenvalue weighted by molar-refractivity contribution is -0.129. The Bertz CT molecular complexity index is 617. The van der Waals surface area contributed by atoms with Gasteiger partial charge in [0.1, 0.15) is 0 Å². The minimum Gasteiger partial charge on any atom is -0.343 e. The minimum absolute atomic E-state index is 0.175. The van der Waals surface area contributed by atoms with Gasteiger partial charge in [-0.1, -0.05) is 11.6 Å². The van der Waals surface area contributed by atoms with Crippen LogP contribution in [-0.2, 0) is 4.79 Å². The van der Waals surface area contributed by atoms with Gasteiger partial charge in [0.25, 0.3) is 0 Å². The van der Waals surface area contributed by atoms with Crippen LogP contribution in [0.25, 0.3) is 10.2 Å². The SMILES string of the molecule is CC(=O)N1CCC(c2nc3cc(Cl)ccc3s2)CC1. The first kappa shape index (κ1) is 12.9. The van der Waals surface area contributed by atoms with E-state index in [0.717, 1.165) is 36.5 Å². The standard InChI is InChI=1S/C14H15ClN2OS/c1-9(18)17-6-4-10(5-7-17)14-16-12-8-11(15)2-3-13(12)19-14/h2-3,8,10H,4-7H2,1H3.